The van der Waals surface area contributed by atoms with Crippen molar-refractivity contribution in [3.63, 3.8) is 0 Å². The number of nitrogens with zero attached hydrogens (tertiary/aromatic N) is 2. The lowest BCUT2D eigenvalue weighted by Gasteiger charge is -2.38. The van der Waals surface area contributed by atoms with Crippen molar-refractivity contribution in [3.05, 3.63) is 96.1 Å². The molecule has 3 aromatic rings. The molecule has 0 bridgehead atoms. The van der Waals surface area contributed by atoms with Crippen LogP contribution >= 0.6 is 0 Å². The van der Waals surface area contributed by atoms with Gasteiger partial charge in [-0.1, -0.05) is 60.7 Å². The van der Waals surface area contributed by atoms with Crippen LogP contribution in [-0.4, -0.2) is 43.9 Å². The first-order valence-electron chi connectivity index (χ1n) is 11.0. The highest BCUT2D eigenvalue weighted by atomic mass is 32.2. The lowest BCUT2D eigenvalue weighted by Crippen LogP contribution is -2.46. The van der Waals surface area contributed by atoms with Gasteiger partial charge in [-0.25, -0.2) is 8.42 Å². The van der Waals surface area contributed by atoms with E-state index in [1.54, 1.807) is 35.7 Å². The van der Waals surface area contributed by atoms with Crippen LogP contribution in [0.25, 0.3) is 0 Å². The average Bonchev–Trinajstić information content (AvgIpc) is 2.84. The van der Waals surface area contributed by atoms with Crippen LogP contribution < -0.4 is 4.74 Å². The molecular weight excluding hydrogens is 420 g/mol. The van der Waals surface area contributed by atoms with Crippen LogP contribution in [0.15, 0.2) is 89.8 Å². The van der Waals surface area contributed by atoms with E-state index >= 15 is 0 Å². The number of hydrogen-bond donors (Lipinski definition) is 0. The fraction of sp³-hybridized carbons (Fsp3) is 0.308. The molecule has 1 fully saturated rings. The Morgan fingerprint density at radius 1 is 0.844 bits per heavy atom. The summed E-state index contributed by atoms with van der Waals surface area (Å²) in [5.41, 5.74) is 2.29. The maximum atomic E-state index is 13.7. The number of rotatable bonds is 8. The lowest BCUT2D eigenvalue weighted by atomic mass is 10.0. The van der Waals surface area contributed by atoms with Crippen LogP contribution in [0.5, 0.6) is 5.75 Å². The second-order valence-corrected chi connectivity index (χ2v) is 10.1. The van der Waals surface area contributed by atoms with E-state index in [2.05, 4.69) is 29.2 Å². The zero-order valence-corrected chi connectivity index (χ0v) is 19.2. The summed E-state index contributed by atoms with van der Waals surface area (Å²) in [5, 5.41) is 0. The first-order chi connectivity index (χ1) is 15.6. The van der Waals surface area contributed by atoms with Crippen molar-refractivity contribution < 1.29 is 13.2 Å². The number of ether oxygens (including phenoxy) is 1. The molecule has 1 aliphatic rings. The zero-order valence-electron chi connectivity index (χ0n) is 18.4. The Bertz CT molecular complexity index is 1080. The highest BCUT2D eigenvalue weighted by molar-refractivity contribution is 7.89. The van der Waals surface area contributed by atoms with E-state index in [9.17, 15) is 8.42 Å². The first kappa shape index (κ1) is 22.5. The minimum Gasteiger partial charge on any atom is -0.497 e. The first-order valence-corrected chi connectivity index (χ1v) is 12.5. The normalized spacial score (nSPS) is 15.7. The van der Waals surface area contributed by atoms with Crippen LogP contribution in [0.1, 0.15) is 24.0 Å². The Hall–Kier alpha value is -2.67. The van der Waals surface area contributed by atoms with Gasteiger partial charge in [0.15, 0.2) is 0 Å². The number of methoxy groups -OCH3 is 1. The number of piperidine rings is 1. The third-order valence-electron chi connectivity index (χ3n) is 6.06. The van der Waals surface area contributed by atoms with Crippen molar-refractivity contribution in [2.75, 3.05) is 20.2 Å². The molecule has 0 aromatic heterocycles. The Labute approximate surface area is 191 Å². The van der Waals surface area contributed by atoms with E-state index in [0.717, 1.165) is 38.0 Å². The molecule has 0 unspecified atom stereocenters. The van der Waals surface area contributed by atoms with Gasteiger partial charge >= 0.3 is 0 Å². The topological polar surface area (TPSA) is 49.9 Å². The van der Waals surface area contributed by atoms with Gasteiger partial charge in [0.2, 0.25) is 10.0 Å². The molecule has 1 heterocycles. The van der Waals surface area contributed by atoms with Gasteiger partial charge in [-0.15, -0.1) is 0 Å². The molecular formula is C26H30N2O3S. The van der Waals surface area contributed by atoms with Gasteiger partial charge in [-0.3, -0.25) is 4.90 Å². The van der Waals surface area contributed by atoms with E-state index in [0.29, 0.717) is 17.2 Å². The molecule has 32 heavy (non-hydrogen) atoms. The predicted octanol–water partition coefficient (Wildman–Crippen LogP) is 4.55. The van der Waals surface area contributed by atoms with Gasteiger partial charge in [-0.2, -0.15) is 4.31 Å². The van der Waals surface area contributed by atoms with E-state index < -0.39 is 10.0 Å². The van der Waals surface area contributed by atoms with Crippen LogP contribution in [0.2, 0.25) is 0 Å². The van der Waals surface area contributed by atoms with Crippen molar-refractivity contribution in [2.24, 2.45) is 0 Å². The summed E-state index contributed by atoms with van der Waals surface area (Å²) in [6.45, 7) is 3.03. The minimum absolute atomic E-state index is 0.0330. The van der Waals surface area contributed by atoms with Gasteiger partial charge in [0.05, 0.1) is 12.0 Å². The number of sulfonamides is 1. The smallest absolute Gasteiger partial charge is 0.243 e. The largest absolute Gasteiger partial charge is 0.497 e. The molecule has 4 rings (SSSR count). The third-order valence-corrected chi connectivity index (χ3v) is 7.97. The summed E-state index contributed by atoms with van der Waals surface area (Å²) in [7, 11) is -2.06. The Morgan fingerprint density at radius 2 is 1.41 bits per heavy atom. The summed E-state index contributed by atoms with van der Waals surface area (Å²) < 4.78 is 34.3. The van der Waals surface area contributed by atoms with Gasteiger partial charge in [0, 0.05) is 32.2 Å². The standard InChI is InChI=1S/C26H30N2O3S/c1-31-25-12-14-26(15-13-25)32(29,30)28(21-23-10-6-3-7-11-23)24-16-18-27(19-17-24)20-22-8-4-2-5-9-22/h2-15,24H,16-21H2,1H3. The van der Waals surface area contributed by atoms with Crippen LogP contribution in [0.3, 0.4) is 0 Å². The van der Waals surface area contributed by atoms with Crippen molar-refractivity contribution in [1.82, 2.24) is 9.21 Å². The molecule has 0 atom stereocenters. The van der Waals surface area contributed by atoms with Gasteiger partial charge < -0.3 is 4.74 Å². The molecule has 1 aliphatic heterocycles. The van der Waals surface area contributed by atoms with Crippen LogP contribution in [0, 0.1) is 0 Å². The maximum Gasteiger partial charge on any atom is 0.243 e. The molecule has 0 aliphatic carbocycles. The predicted molar refractivity (Wildman–Crippen MR) is 127 cm³/mol. The second kappa shape index (κ2) is 10.3. The fourth-order valence-corrected chi connectivity index (χ4v) is 5.94. The zero-order chi connectivity index (χ0) is 22.4. The van der Waals surface area contributed by atoms with Crippen LogP contribution in [-0.2, 0) is 23.1 Å². The van der Waals surface area contributed by atoms with E-state index in [-0.39, 0.29) is 6.04 Å². The van der Waals surface area contributed by atoms with E-state index in [1.807, 2.05) is 36.4 Å². The summed E-state index contributed by atoms with van der Waals surface area (Å²) in [6.07, 6.45) is 1.63. The SMILES string of the molecule is COc1ccc(S(=O)(=O)N(Cc2ccccc2)C2CCN(Cc3ccccc3)CC2)cc1. The molecule has 3 aromatic carbocycles. The van der Waals surface area contributed by atoms with Crippen molar-refractivity contribution >= 4 is 10.0 Å². The minimum atomic E-state index is -3.64. The molecule has 0 amide bonds. The Kier molecular flexibility index (Phi) is 7.25. The highest BCUT2D eigenvalue weighted by Gasteiger charge is 2.34. The van der Waals surface area contributed by atoms with E-state index in [1.165, 1.54) is 5.56 Å². The second-order valence-electron chi connectivity index (χ2n) is 8.20. The Morgan fingerprint density at radius 3 is 1.97 bits per heavy atom. The monoisotopic (exact) mass is 450 g/mol. The van der Waals surface area contributed by atoms with Gasteiger partial charge in [0.1, 0.15) is 5.75 Å². The molecule has 0 saturated carbocycles. The van der Waals surface area contributed by atoms with Crippen molar-refractivity contribution in [2.45, 2.75) is 36.9 Å². The third kappa shape index (κ3) is 5.38. The maximum absolute atomic E-state index is 13.7. The fourth-order valence-electron chi connectivity index (χ4n) is 4.26. The van der Waals surface area contributed by atoms with E-state index in [4.69, 9.17) is 4.74 Å². The van der Waals surface area contributed by atoms with Crippen molar-refractivity contribution in [1.29, 1.82) is 0 Å². The molecule has 0 radical (unpaired) electrons. The summed E-state index contributed by atoms with van der Waals surface area (Å²) in [6, 6.07) is 26.9. The van der Waals surface area contributed by atoms with Gasteiger partial charge in [0.25, 0.3) is 0 Å². The summed E-state index contributed by atoms with van der Waals surface area (Å²) >= 11 is 0. The number of benzene rings is 3. The number of likely N-dealkylation sites (tertiary alicyclic amines) is 1. The van der Waals surface area contributed by atoms with Crippen molar-refractivity contribution in [3.8, 4) is 5.75 Å². The lowest BCUT2D eigenvalue weighted by molar-refractivity contribution is 0.150. The van der Waals surface area contributed by atoms with Crippen LogP contribution in [0.4, 0.5) is 0 Å². The molecule has 5 nitrogen and oxygen atoms in total. The Balaban J connectivity index is 1.53. The van der Waals surface area contributed by atoms with Gasteiger partial charge in [-0.05, 0) is 48.2 Å². The molecule has 168 valence electrons. The highest BCUT2D eigenvalue weighted by Crippen LogP contribution is 2.28. The quantitative estimate of drug-likeness (QED) is 0.505. The molecule has 0 N–H and O–H groups in total. The summed E-state index contributed by atoms with van der Waals surface area (Å²) in [5.74, 6) is 0.646. The summed E-state index contributed by atoms with van der Waals surface area (Å²) in [4.78, 5) is 2.72. The molecule has 0 spiro atoms. The molecule has 1 saturated heterocycles. The number of hydrogen-bond acceptors (Lipinski definition) is 4. The average molecular weight is 451 g/mol. The molecule has 6 heteroatoms.